The average molecular weight is 249 g/mol. The van der Waals surface area contributed by atoms with Gasteiger partial charge in [0.15, 0.2) is 5.78 Å². The van der Waals surface area contributed by atoms with Gasteiger partial charge in [0.25, 0.3) is 0 Å². The molecule has 0 unspecified atom stereocenters. The number of imidazole rings is 1. The summed E-state index contributed by atoms with van der Waals surface area (Å²) in [5.41, 5.74) is 1.80. The summed E-state index contributed by atoms with van der Waals surface area (Å²) >= 11 is 1.44. The Kier molecular flexibility index (Phi) is 3.38. The second-order valence-electron chi connectivity index (χ2n) is 3.96. The normalized spacial score (nSPS) is 10.8. The third kappa shape index (κ3) is 2.29. The first kappa shape index (κ1) is 12.0. The molecule has 0 amide bonds. The van der Waals surface area contributed by atoms with Crippen LogP contribution >= 0.6 is 11.3 Å². The zero-order chi connectivity index (χ0) is 12.4. The van der Waals surface area contributed by atoms with Crippen molar-refractivity contribution in [2.75, 3.05) is 0 Å². The highest BCUT2D eigenvalue weighted by atomic mass is 32.1. The maximum atomic E-state index is 11.4. The molecule has 0 radical (unpaired) electrons. The van der Waals surface area contributed by atoms with Crippen LogP contribution < -0.4 is 0 Å². The van der Waals surface area contributed by atoms with Gasteiger partial charge in [0.1, 0.15) is 5.01 Å². The minimum Gasteiger partial charge on any atom is -0.329 e. The first-order valence-electron chi connectivity index (χ1n) is 5.62. The van der Waals surface area contributed by atoms with Crippen molar-refractivity contribution in [1.82, 2.24) is 14.5 Å². The lowest BCUT2D eigenvalue weighted by Gasteiger charge is -2.02. The Morgan fingerprint density at radius 1 is 1.53 bits per heavy atom. The maximum absolute atomic E-state index is 11.4. The van der Waals surface area contributed by atoms with Crippen molar-refractivity contribution in [2.24, 2.45) is 0 Å². The van der Waals surface area contributed by atoms with Crippen LogP contribution in [0.4, 0.5) is 0 Å². The van der Waals surface area contributed by atoms with Crippen molar-refractivity contribution in [3.63, 3.8) is 0 Å². The largest absolute Gasteiger partial charge is 0.329 e. The van der Waals surface area contributed by atoms with Gasteiger partial charge < -0.3 is 4.57 Å². The van der Waals surface area contributed by atoms with Gasteiger partial charge in [-0.1, -0.05) is 6.92 Å². The number of rotatable bonds is 4. The Labute approximate surface area is 104 Å². The van der Waals surface area contributed by atoms with E-state index in [-0.39, 0.29) is 5.78 Å². The molecule has 0 aliphatic rings. The van der Waals surface area contributed by atoms with Crippen LogP contribution in [-0.2, 0) is 6.54 Å². The number of Topliss-reactive ketones (excluding diaryl/α,β-unsaturated/α-hetero) is 1. The molecule has 2 aromatic heterocycles. The number of hydrogen-bond donors (Lipinski definition) is 0. The van der Waals surface area contributed by atoms with Gasteiger partial charge in [-0.2, -0.15) is 0 Å². The van der Waals surface area contributed by atoms with Crippen molar-refractivity contribution in [3.8, 4) is 10.7 Å². The molecule has 0 saturated heterocycles. The van der Waals surface area contributed by atoms with Gasteiger partial charge in [-0.3, -0.25) is 4.79 Å². The molecule has 5 heteroatoms. The van der Waals surface area contributed by atoms with Crippen LogP contribution in [0.5, 0.6) is 0 Å². The minimum absolute atomic E-state index is 0.0767. The zero-order valence-corrected chi connectivity index (χ0v) is 11.0. The standard InChI is InChI=1S/C12H15N3OS/c1-4-5-15-7-13-6-10(15)12-14-8(2)11(17-12)9(3)16/h6-7H,4-5H2,1-3H3. The number of hydrogen-bond acceptors (Lipinski definition) is 4. The topological polar surface area (TPSA) is 47.8 Å². The van der Waals surface area contributed by atoms with E-state index in [0.717, 1.165) is 34.2 Å². The number of aryl methyl sites for hydroxylation is 2. The number of ketones is 1. The van der Waals surface area contributed by atoms with E-state index in [4.69, 9.17) is 0 Å². The fourth-order valence-corrected chi connectivity index (χ4v) is 2.74. The monoisotopic (exact) mass is 249 g/mol. The molecular formula is C12H15N3OS. The van der Waals surface area contributed by atoms with Crippen LogP contribution in [0.15, 0.2) is 12.5 Å². The van der Waals surface area contributed by atoms with E-state index in [2.05, 4.69) is 21.5 Å². The Morgan fingerprint density at radius 3 is 2.88 bits per heavy atom. The van der Waals surface area contributed by atoms with Crippen LogP contribution in [0.2, 0.25) is 0 Å². The molecule has 2 heterocycles. The first-order chi connectivity index (χ1) is 8.13. The molecule has 0 aromatic carbocycles. The second kappa shape index (κ2) is 4.79. The molecule has 0 N–H and O–H groups in total. The lowest BCUT2D eigenvalue weighted by molar-refractivity contribution is 0.102. The molecule has 0 aliphatic carbocycles. The molecule has 0 aliphatic heterocycles. The van der Waals surface area contributed by atoms with Gasteiger partial charge in [0, 0.05) is 13.5 Å². The van der Waals surface area contributed by atoms with Gasteiger partial charge in [-0.05, 0) is 13.3 Å². The van der Waals surface area contributed by atoms with E-state index < -0.39 is 0 Å². The summed E-state index contributed by atoms with van der Waals surface area (Å²) in [5, 5.41) is 0.874. The van der Waals surface area contributed by atoms with E-state index in [1.165, 1.54) is 11.3 Å². The molecule has 90 valence electrons. The van der Waals surface area contributed by atoms with Crippen molar-refractivity contribution < 1.29 is 4.79 Å². The summed E-state index contributed by atoms with van der Waals surface area (Å²) in [7, 11) is 0. The Bertz CT molecular complexity index is 542. The van der Waals surface area contributed by atoms with Crippen LogP contribution in [0, 0.1) is 6.92 Å². The summed E-state index contributed by atoms with van der Waals surface area (Å²) in [4.78, 5) is 20.7. The van der Waals surface area contributed by atoms with Crippen LogP contribution in [0.1, 0.15) is 35.6 Å². The number of aromatic nitrogens is 3. The van der Waals surface area contributed by atoms with Gasteiger partial charge in [-0.25, -0.2) is 9.97 Å². The number of carbonyl (C=O) groups is 1. The van der Waals surface area contributed by atoms with Crippen molar-refractivity contribution >= 4 is 17.1 Å². The highest BCUT2D eigenvalue weighted by molar-refractivity contribution is 7.17. The molecule has 0 saturated carbocycles. The average Bonchev–Trinajstić information content (AvgIpc) is 2.84. The number of carbonyl (C=O) groups excluding carboxylic acids is 1. The van der Waals surface area contributed by atoms with E-state index in [1.54, 1.807) is 13.1 Å². The maximum Gasteiger partial charge on any atom is 0.171 e. The molecule has 2 aromatic rings. The molecule has 4 nitrogen and oxygen atoms in total. The quantitative estimate of drug-likeness (QED) is 0.783. The van der Waals surface area contributed by atoms with E-state index >= 15 is 0 Å². The Morgan fingerprint density at radius 2 is 2.29 bits per heavy atom. The Hall–Kier alpha value is -1.49. The molecule has 0 atom stereocenters. The van der Waals surface area contributed by atoms with Crippen molar-refractivity contribution in [3.05, 3.63) is 23.1 Å². The summed E-state index contributed by atoms with van der Waals surface area (Å²) < 4.78 is 2.07. The van der Waals surface area contributed by atoms with Gasteiger partial charge >= 0.3 is 0 Å². The summed E-state index contributed by atoms with van der Waals surface area (Å²) in [6, 6.07) is 0. The molecule has 17 heavy (non-hydrogen) atoms. The molecule has 2 rings (SSSR count). The van der Waals surface area contributed by atoms with E-state index in [1.807, 2.05) is 13.3 Å². The van der Waals surface area contributed by atoms with Crippen LogP contribution in [0.3, 0.4) is 0 Å². The second-order valence-corrected chi connectivity index (χ2v) is 4.96. The minimum atomic E-state index is 0.0767. The summed E-state index contributed by atoms with van der Waals surface area (Å²) in [6.45, 7) is 6.49. The van der Waals surface area contributed by atoms with Gasteiger partial charge in [-0.15, -0.1) is 11.3 Å². The van der Waals surface area contributed by atoms with Crippen LogP contribution in [0.25, 0.3) is 10.7 Å². The molecule has 0 bridgehead atoms. The van der Waals surface area contributed by atoms with E-state index in [9.17, 15) is 4.79 Å². The Balaban J connectivity index is 2.42. The van der Waals surface area contributed by atoms with Crippen molar-refractivity contribution in [2.45, 2.75) is 33.7 Å². The number of nitrogens with zero attached hydrogens (tertiary/aromatic N) is 3. The highest BCUT2D eigenvalue weighted by Crippen LogP contribution is 2.28. The SMILES string of the molecule is CCCn1cncc1-c1nc(C)c(C(C)=O)s1. The van der Waals surface area contributed by atoms with Crippen LogP contribution in [-0.4, -0.2) is 20.3 Å². The fraction of sp³-hybridized carbons (Fsp3) is 0.417. The van der Waals surface area contributed by atoms with Crippen molar-refractivity contribution in [1.29, 1.82) is 0 Å². The zero-order valence-electron chi connectivity index (χ0n) is 10.2. The molecule has 0 spiro atoms. The predicted octanol–water partition coefficient (Wildman–Crippen LogP) is 2.93. The highest BCUT2D eigenvalue weighted by Gasteiger charge is 2.15. The number of thiazole rings is 1. The predicted molar refractivity (Wildman–Crippen MR) is 68.4 cm³/mol. The third-order valence-electron chi connectivity index (χ3n) is 2.51. The lowest BCUT2D eigenvalue weighted by Crippen LogP contribution is -1.96. The lowest BCUT2D eigenvalue weighted by atomic mass is 10.3. The fourth-order valence-electron chi connectivity index (χ4n) is 1.75. The smallest absolute Gasteiger partial charge is 0.171 e. The van der Waals surface area contributed by atoms with Gasteiger partial charge in [0.05, 0.1) is 28.8 Å². The third-order valence-corrected chi connectivity index (χ3v) is 3.79. The summed E-state index contributed by atoms with van der Waals surface area (Å²) in [6.07, 6.45) is 4.66. The van der Waals surface area contributed by atoms with E-state index in [0.29, 0.717) is 0 Å². The van der Waals surface area contributed by atoms with Gasteiger partial charge in [0.2, 0.25) is 0 Å². The summed E-state index contributed by atoms with van der Waals surface area (Å²) in [5.74, 6) is 0.0767. The molecule has 0 fully saturated rings. The molecular weight excluding hydrogens is 234 g/mol. The first-order valence-corrected chi connectivity index (χ1v) is 6.44.